The summed E-state index contributed by atoms with van der Waals surface area (Å²) >= 11 is 2.04. The number of nitrogens with one attached hydrogen (secondary N) is 1. The number of hydrogen-bond donors (Lipinski definition) is 1. The van der Waals surface area contributed by atoms with Crippen molar-refractivity contribution in [3.8, 4) is 0 Å². The number of thiazole rings is 1. The van der Waals surface area contributed by atoms with Crippen molar-refractivity contribution in [2.75, 3.05) is 5.32 Å². The zero-order valence-corrected chi connectivity index (χ0v) is 12.7. The van der Waals surface area contributed by atoms with Crippen LogP contribution < -0.4 is 5.32 Å². The van der Waals surface area contributed by atoms with Crippen LogP contribution in [-0.2, 0) is 6.18 Å². The van der Waals surface area contributed by atoms with E-state index in [-0.39, 0.29) is 11.2 Å². The van der Waals surface area contributed by atoms with Crippen LogP contribution in [0.5, 0.6) is 0 Å². The molecule has 2 heterocycles. The molecule has 110 valence electrons. The summed E-state index contributed by atoms with van der Waals surface area (Å²) in [6.07, 6.45) is -4.45. The second-order valence-electron chi connectivity index (χ2n) is 4.54. The van der Waals surface area contributed by atoms with Gasteiger partial charge in [0.2, 0.25) is 10.1 Å². The first-order valence-corrected chi connectivity index (χ1v) is 7.59. The molecule has 0 aliphatic heterocycles. The minimum absolute atomic E-state index is 0.143. The summed E-state index contributed by atoms with van der Waals surface area (Å²) in [6, 6.07) is -0.215. The van der Waals surface area contributed by atoms with Gasteiger partial charge in [-0.15, -0.1) is 21.5 Å². The molecule has 9 heteroatoms. The van der Waals surface area contributed by atoms with Crippen LogP contribution in [0.15, 0.2) is 5.38 Å². The molecule has 0 saturated carbocycles. The molecule has 0 spiro atoms. The van der Waals surface area contributed by atoms with Gasteiger partial charge in [-0.1, -0.05) is 25.2 Å². The first kappa shape index (κ1) is 15.2. The molecule has 0 radical (unpaired) electrons. The van der Waals surface area contributed by atoms with Crippen LogP contribution in [0.4, 0.5) is 18.3 Å². The van der Waals surface area contributed by atoms with Gasteiger partial charge in [0, 0.05) is 11.3 Å². The van der Waals surface area contributed by atoms with E-state index >= 15 is 0 Å². The van der Waals surface area contributed by atoms with E-state index in [9.17, 15) is 13.2 Å². The van der Waals surface area contributed by atoms with Crippen LogP contribution in [0.1, 0.15) is 48.4 Å². The molecule has 0 aliphatic rings. The van der Waals surface area contributed by atoms with Gasteiger partial charge < -0.3 is 5.32 Å². The first-order valence-electron chi connectivity index (χ1n) is 5.90. The van der Waals surface area contributed by atoms with Crippen LogP contribution in [0.3, 0.4) is 0 Å². The molecule has 0 bridgehead atoms. The van der Waals surface area contributed by atoms with Gasteiger partial charge in [0.05, 0.1) is 16.7 Å². The van der Waals surface area contributed by atoms with Gasteiger partial charge in [0.1, 0.15) is 0 Å². The molecule has 0 saturated heterocycles. The molecule has 0 aliphatic carbocycles. The quantitative estimate of drug-likeness (QED) is 0.911. The van der Waals surface area contributed by atoms with Crippen molar-refractivity contribution in [1.82, 2.24) is 15.2 Å². The lowest BCUT2D eigenvalue weighted by Crippen LogP contribution is -2.07. The molecule has 20 heavy (non-hydrogen) atoms. The Morgan fingerprint density at radius 1 is 1.20 bits per heavy atom. The highest BCUT2D eigenvalue weighted by molar-refractivity contribution is 7.15. The maximum Gasteiger partial charge on any atom is 0.445 e. The Morgan fingerprint density at radius 3 is 2.40 bits per heavy atom. The van der Waals surface area contributed by atoms with E-state index in [2.05, 4.69) is 20.5 Å². The van der Waals surface area contributed by atoms with Gasteiger partial charge >= 0.3 is 6.18 Å². The van der Waals surface area contributed by atoms with E-state index in [0.717, 1.165) is 10.7 Å². The summed E-state index contributed by atoms with van der Waals surface area (Å²) in [6.45, 7) is 5.91. The zero-order chi connectivity index (χ0) is 14.9. The van der Waals surface area contributed by atoms with Crippen LogP contribution in [0.2, 0.25) is 0 Å². The summed E-state index contributed by atoms with van der Waals surface area (Å²) in [7, 11) is 0. The molecule has 0 amide bonds. The Hall–Kier alpha value is -1.22. The molecule has 2 aromatic heterocycles. The molecule has 2 rings (SSSR count). The third-order valence-corrected chi connectivity index (χ3v) is 4.55. The smallest absolute Gasteiger partial charge is 0.352 e. The van der Waals surface area contributed by atoms with Crippen LogP contribution in [0, 0.1) is 0 Å². The SMILES string of the molecule is CC(C)c1nc(C(C)Nc2nnc(C(F)(F)F)s2)cs1. The van der Waals surface area contributed by atoms with Crippen LogP contribution in [0.25, 0.3) is 0 Å². The lowest BCUT2D eigenvalue weighted by molar-refractivity contribution is -0.138. The Kier molecular flexibility index (Phi) is 4.28. The van der Waals surface area contributed by atoms with Crippen molar-refractivity contribution in [3.63, 3.8) is 0 Å². The number of rotatable bonds is 4. The van der Waals surface area contributed by atoms with Crippen molar-refractivity contribution >= 4 is 27.8 Å². The topological polar surface area (TPSA) is 50.7 Å². The van der Waals surface area contributed by atoms with E-state index in [1.165, 1.54) is 0 Å². The lowest BCUT2D eigenvalue weighted by atomic mass is 10.2. The molecule has 0 fully saturated rings. The van der Waals surface area contributed by atoms with Gasteiger partial charge in [-0.25, -0.2) is 4.98 Å². The molecular formula is C11H13F3N4S2. The fraction of sp³-hybridized carbons (Fsp3) is 0.545. The predicted molar refractivity (Wildman–Crippen MR) is 73.2 cm³/mol. The van der Waals surface area contributed by atoms with Gasteiger partial charge in [-0.3, -0.25) is 0 Å². The zero-order valence-electron chi connectivity index (χ0n) is 11.0. The molecular weight excluding hydrogens is 309 g/mol. The number of hydrogen-bond acceptors (Lipinski definition) is 6. The summed E-state index contributed by atoms with van der Waals surface area (Å²) in [5, 5.41) is 11.6. The van der Waals surface area contributed by atoms with E-state index in [4.69, 9.17) is 0 Å². The van der Waals surface area contributed by atoms with Crippen molar-refractivity contribution in [2.45, 2.75) is 38.9 Å². The van der Waals surface area contributed by atoms with Crippen LogP contribution >= 0.6 is 22.7 Å². The van der Waals surface area contributed by atoms with Gasteiger partial charge in [0.15, 0.2) is 0 Å². The largest absolute Gasteiger partial charge is 0.445 e. The molecule has 1 N–H and O–H groups in total. The predicted octanol–water partition coefficient (Wildman–Crippen LogP) is 4.31. The van der Waals surface area contributed by atoms with Crippen molar-refractivity contribution in [2.24, 2.45) is 0 Å². The van der Waals surface area contributed by atoms with E-state index in [1.807, 2.05) is 26.2 Å². The monoisotopic (exact) mass is 322 g/mol. The number of alkyl halides is 3. The molecule has 0 aromatic carbocycles. The lowest BCUT2D eigenvalue weighted by Gasteiger charge is -2.09. The number of aromatic nitrogens is 3. The van der Waals surface area contributed by atoms with Crippen LogP contribution in [-0.4, -0.2) is 15.2 Å². The maximum atomic E-state index is 12.4. The highest BCUT2D eigenvalue weighted by Gasteiger charge is 2.35. The van der Waals surface area contributed by atoms with E-state index < -0.39 is 11.2 Å². The van der Waals surface area contributed by atoms with E-state index in [1.54, 1.807) is 11.3 Å². The van der Waals surface area contributed by atoms with E-state index in [0.29, 0.717) is 17.3 Å². The second-order valence-corrected chi connectivity index (χ2v) is 6.41. The Morgan fingerprint density at radius 2 is 1.90 bits per heavy atom. The van der Waals surface area contributed by atoms with Gasteiger partial charge in [-0.2, -0.15) is 13.2 Å². The third kappa shape index (κ3) is 3.45. The summed E-state index contributed by atoms with van der Waals surface area (Å²) in [5.41, 5.74) is 0.794. The Balaban J connectivity index is 2.07. The molecule has 2 aromatic rings. The highest BCUT2D eigenvalue weighted by Crippen LogP contribution is 2.34. The van der Waals surface area contributed by atoms with Crippen molar-refractivity contribution in [3.05, 3.63) is 21.1 Å². The number of nitrogens with zero attached hydrogens (tertiary/aromatic N) is 3. The first-order chi connectivity index (χ1) is 9.27. The second kappa shape index (κ2) is 5.65. The highest BCUT2D eigenvalue weighted by atomic mass is 32.1. The molecule has 1 atom stereocenters. The summed E-state index contributed by atoms with van der Waals surface area (Å²) < 4.78 is 37.3. The average Bonchev–Trinajstić information content (AvgIpc) is 2.95. The maximum absolute atomic E-state index is 12.4. The van der Waals surface area contributed by atoms with Crippen molar-refractivity contribution in [1.29, 1.82) is 0 Å². The number of anilines is 1. The fourth-order valence-electron chi connectivity index (χ4n) is 1.42. The standard InChI is InChI=1S/C11H13F3N4S2/c1-5(2)8-16-7(4-19-8)6(3)15-10-18-17-9(20-10)11(12,13)14/h4-6H,1-3H3,(H,15,18). The summed E-state index contributed by atoms with van der Waals surface area (Å²) in [5.74, 6) is 0.333. The normalized spacial score (nSPS) is 13.8. The van der Waals surface area contributed by atoms with Crippen molar-refractivity contribution < 1.29 is 13.2 Å². The summed E-state index contributed by atoms with van der Waals surface area (Å²) in [4.78, 5) is 4.45. The number of halogens is 3. The third-order valence-electron chi connectivity index (χ3n) is 2.48. The Labute approximate surface area is 122 Å². The van der Waals surface area contributed by atoms with Gasteiger partial charge in [0.25, 0.3) is 0 Å². The minimum atomic E-state index is -4.45. The Bertz CT molecular complexity index is 576. The average molecular weight is 322 g/mol. The van der Waals surface area contributed by atoms with Gasteiger partial charge in [-0.05, 0) is 6.92 Å². The minimum Gasteiger partial charge on any atom is -0.352 e. The fourth-order valence-corrected chi connectivity index (χ4v) is 3.05. The molecule has 1 unspecified atom stereocenters. The molecule has 4 nitrogen and oxygen atoms in total.